The Bertz CT molecular complexity index is 325. The number of nitrogens with one attached hydrogen (secondary N) is 1. The number of aliphatic hydroxyl groups excluding tert-OH is 1. The average Bonchev–Trinajstić information content (AvgIpc) is 2.29. The van der Waals surface area contributed by atoms with Crippen LogP contribution in [-0.2, 0) is 13.0 Å². The molecule has 2 rings (SSSR count). The highest BCUT2D eigenvalue weighted by Crippen LogP contribution is 2.25. The van der Waals surface area contributed by atoms with Crippen molar-refractivity contribution in [2.75, 3.05) is 19.8 Å². The van der Waals surface area contributed by atoms with E-state index >= 15 is 0 Å². The SMILES string of the molecule is OCCNCc1ccc2c(c1)CCCO2. The molecule has 0 unspecified atom stereocenters. The molecular weight excluding hydrogens is 190 g/mol. The van der Waals surface area contributed by atoms with Gasteiger partial charge in [0.05, 0.1) is 13.2 Å². The fourth-order valence-electron chi connectivity index (χ4n) is 1.84. The van der Waals surface area contributed by atoms with Gasteiger partial charge in [-0.25, -0.2) is 0 Å². The van der Waals surface area contributed by atoms with Crippen molar-refractivity contribution in [1.29, 1.82) is 0 Å². The fourth-order valence-corrected chi connectivity index (χ4v) is 1.84. The van der Waals surface area contributed by atoms with Crippen LogP contribution in [0.5, 0.6) is 5.75 Å². The Morgan fingerprint density at radius 2 is 2.33 bits per heavy atom. The Balaban J connectivity index is 2.00. The van der Waals surface area contributed by atoms with Gasteiger partial charge in [0.15, 0.2) is 0 Å². The lowest BCUT2D eigenvalue weighted by Gasteiger charge is -2.17. The first-order valence-electron chi connectivity index (χ1n) is 5.46. The first kappa shape index (κ1) is 10.5. The summed E-state index contributed by atoms with van der Waals surface area (Å²) < 4.78 is 5.54. The van der Waals surface area contributed by atoms with E-state index in [2.05, 4.69) is 17.4 Å². The number of hydrogen-bond donors (Lipinski definition) is 2. The van der Waals surface area contributed by atoms with Gasteiger partial charge in [-0.3, -0.25) is 0 Å². The minimum Gasteiger partial charge on any atom is -0.493 e. The molecule has 0 aromatic heterocycles. The number of hydrogen-bond acceptors (Lipinski definition) is 3. The van der Waals surface area contributed by atoms with Crippen LogP contribution in [0.25, 0.3) is 0 Å². The second-order valence-electron chi connectivity index (χ2n) is 3.79. The molecule has 0 atom stereocenters. The molecule has 0 saturated heterocycles. The largest absolute Gasteiger partial charge is 0.493 e. The summed E-state index contributed by atoms with van der Waals surface area (Å²) >= 11 is 0. The molecule has 1 aliphatic heterocycles. The van der Waals surface area contributed by atoms with Gasteiger partial charge in [0.25, 0.3) is 0 Å². The minimum absolute atomic E-state index is 0.189. The lowest BCUT2D eigenvalue weighted by atomic mass is 10.0. The van der Waals surface area contributed by atoms with Crippen molar-refractivity contribution in [3.63, 3.8) is 0 Å². The Kier molecular flexibility index (Phi) is 3.59. The second-order valence-corrected chi connectivity index (χ2v) is 3.79. The Morgan fingerprint density at radius 1 is 1.40 bits per heavy atom. The van der Waals surface area contributed by atoms with E-state index in [0.717, 1.165) is 31.7 Å². The third-order valence-corrected chi connectivity index (χ3v) is 2.59. The van der Waals surface area contributed by atoms with Crippen molar-refractivity contribution in [1.82, 2.24) is 5.32 Å². The molecule has 0 amide bonds. The van der Waals surface area contributed by atoms with Crippen LogP contribution >= 0.6 is 0 Å². The van der Waals surface area contributed by atoms with E-state index in [1.807, 2.05) is 6.07 Å². The highest BCUT2D eigenvalue weighted by Gasteiger charge is 2.09. The van der Waals surface area contributed by atoms with E-state index in [4.69, 9.17) is 9.84 Å². The predicted octanol–water partition coefficient (Wildman–Crippen LogP) is 1.09. The molecule has 0 spiro atoms. The van der Waals surface area contributed by atoms with Gasteiger partial charge in [0.2, 0.25) is 0 Å². The van der Waals surface area contributed by atoms with Crippen LogP contribution < -0.4 is 10.1 Å². The van der Waals surface area contributed by atoms with Crippen LogP contribution in [0.4, 0.5) is 0 Å². The van der Waals surface area contributed by atoms with Gasteiger partial charge in [0.1, 0.15) is 5.75 Å². The summed E-state index contributed by atoms with van der Waals surface area (Å²) in [5, 5.41) is 11.8. The quantitative estimate of drug-likeness (QED) is 0.726. The van der Waals surface area contributed by atoms with Crippen LogP contribution in [-0.4, -0.2) is 24.9 Å². The monoisotopic (exact) mass is 207 g/mol. The summed E-state index contributed by atoms with van der Waals surface area (Å²) in [6.45, 7) is 2.49. The van der Waals surface area contributed by atoms with Crippen molar-refractivity contribution in [2.24, 2.45) is 0 Å². The van der Waals surface area contributed by atoms with Crippen LogP contribution in [0.1, 0.15) is 17.5 Å². The van der Waals surface area contributed by atoms with E-state index in [1.165, 1.54) is 11.1 Å². The summed E-state index contributed by atoms with van der Waals surface area (Å²) in [5.74, 6) is 1.03. The van der Waals surface area contributed by atoms with E-state index < -0.39 is 0 Å². The molecule has 1 heterocycles. The maximum Gasteiger partial charge on any atom is 0.122 e. The number of aliphatic hydroxyl groups is 1. The van der Waals surface area contributed by atoms with Crippen molar-refractivity contribution in [3.8, 4) is 5.75 Å². The summed E-state index contributed by atoms with van der Waals surface area (Å²) in [6.07, 6.45) is 2.23. The number of fused-ring (bicyclic) bond motifs is 1. The summed E-state index contributed by atoms with van der Waals surface area (Å²) in [6, 6.07) is 6.32. The third kappa shape index (κ3) is 2.70. The van der Waals surface area contributed by atoms with Crippen LogP contribution in [0.3, 0.4) is 0 Å². The van der Waals surface area contributed by atoms with E-state index in [9.17, 15) is 0 Å². The number of ether oxygens (including phenoxy) is 1. The molecule has 3 nitrogen and oxygen atoms in total. The fraction of sp³-hybridized carbons (Fsp3) is 0.500. The van der Waals surface area contributed by atoms with Crippen molar-refractivity contribution in [3.05, 3.63) is 29.3 Å². The van der Waals surface area contributed by atoms with E-state index in [0.29, 0.717) is 6.54 Å². The van der Waals surface area contributed by atoms with E-state index in [-0.39, 0.29) is 6.61 Å². The maximum absolute atomic E-state index is 8.65. The zero-order valence-electron chi connectivity index (χ0n) is 8.83. The van der Waals surface area contributed by atoms with Crippen molar-refractivity contribution in [2.45, 2.75) is 19.4 Å². The first-order chi connectivity index (χ1) is 7.40. The molecule has 0 radical (unpaired) electrons. The lowest BCUT2D eigenvalue weighted by molar-refractivity contribution is 0.287. The summed E-state index contributed by atoms with van der Waals surface area (Å²) in [7, 11) is 0. The molecule has 0 aliphatic carbocycles. The van der Waals surface area contributed by atoms with E-state index in [1.54, 1.807) is 0 Å². The topological polar surface area (TPSA) is 41.5 Å². The molecule has 2 N–H and O–H groups in total. The first-order valence-corrected chi connectivity index (χ1v) is 5.46. The molecule has 1 aromatic carbocycles. The second kappa shape index (κ2) is 5.14. The maximum atomic E-state index is 8.65. The summed E-state index contributed by atoms with van der Waals surface area (Å²) in [4.78, 5) is 0. The standard InChI is InChI=1S/C12H17NO2/c14-6-5-13-9-10-3-4-12-11(8-10)2-1-7-15-12/h3-4,8,13-14H,1-2,5-7,9H2. The lowest BCUT2D eigenvalue weighted by Crippen LogP contribution is -2.18. The third-order valence-electron chi connectivity index (χ3n) is 2.59. The predicted molar refractivity (Wildman–Crippen MR) is 59.1 cm³/mol. The molecule has 15 heavy (non-hydrogen) atoms. The van der Waals surface area contributed by atoms with Gasteiger partial charge < -0.3 is 15.2 Å². The summed E-state index contributed by atoms with van der Waals surface area (Å²) in [5.41, 5.74) is 2.57. The van der Waals surface area contributed by atoms with Crippen LogP contribution in [0, 0.1) is 0 Å². The highest BCUT2D eigenvalue weighted by molar-refractivity contribution is 5.38. The Morgan fingerprint density at radius 3 is 3.20 bits per heavy atom. The zero-order chi connectivity index (χ0) is 10.5. The molecule has 0 saturated carbocycles. The molecule has 82 valence electrons. The molecule has 3 heteroatoms. The van der Waals surface area contributed by atoms with Gasteiger partial charge in [0, 0.05) is 13.1 Å². The van der Waals surface area contributed by atoms with Gasteiger partial charge in [-0.2, -0.15) is 0 Å². The smallest absolute Gasteiger partial charge is 0.122 e. The number of benzene rings is 1. The number of aryl methyl sites for hydroxylation is 1. The number of rotatable bonds is 4. The van der Waals surface area contributed by atoms with Crippen LogP contribution in [0.15, 0.2) is 18.2 Å². The van der Waals surface area contributed by atoms with Crippen molar-refractivity contribution < 1.29 is 9.84 Å². The Hall–Kier alpha value is -1.06. The minimum atomic E-state index is 0.189. The molecule has 0 bridgehead atoms. The highest BCUT2D eigenvalue weighted by atomic mass is 16.5. The van der Waals surface area contributed by atoms with Gasteiger partial charge in [-0.1, -0.05) is 12.1 Å². The Labute approximate surface area is 90.1 Å². The zero-order valence-corrected chi connectivity index (χ0v) is 8.83. The van der Waals surface area contributed by atoms with Crippen molar-refractivity contribution >= 4 is 0 Å². The molecule has 1 aromatic rings. The van der Waals surface area contributed by atoms with Gasteiger partial charge in [-0.05, 0) is 30.0 Å². The van der Waals surface area contributed by atoms with Crippen LogP contribution in [0.2, 0.25) is 0 Å². The van der Waals surface area contributed by atoms with Gasteiger partial charge >= 0.3 is 0 Å². The normalized spacial score (nSPS) is 14.5. The average molecular weight is 207 g/mol. The molecule has 1 aliphatic rings. The molecule has 0 fully saturated rings. The molecular formula is C12H17NO2. The van der Waals surface area contributed by atoms with Gasteiger partial charge in [-0.15, -0.1) is 0 Å².